The van der Waals surface area contributed by atoms with Crippen molar-refractivity contribution in [1.29, 1.82) is 0 Å². The molecule has 10 heteroatoms. The average Bonchev–Trinajstić information content (AvgIpc) is 3.24. The number of nitrogens with two attached hydrogens (primary N) is 2. The third-order valence-corrected chi connectivity index (χ3v) is 4.93. The first-order valence-electron chi connectivity index (χ1n) is 10.4. The van der Waals surface area contributed by atoms with Crippen LogP contribution in [-0.2, 0) is 11.4 Å². The molecule has 4 aromatic rings. The van der Waals surface area contributed by atoms with E-state index in [0.717, 1.165) is 21.5 Å². The molecule has 3 aromatic carbocycles. The van der Waals surface area contributed by atoms with E-state index in [1.807, 2.05) is 73.7 Å². The number of carbonyl (C=O) groups excluding carboxylic acids is 1. The molecule has 4 rings (SSSR count). The molecule has 0 saturated heterocycles. The van der Waals surface area contributed by atoms with E-state index in [0.29, 0.717) is 18.7 Å². The van der Waals surface area contributed by atoms with E-state index in [-0.39, 0.29) is 12.4 Å². The van der Waals surface area contributed by atoms with Gasteiger partial charge in [0, 0.05) is 16.1 Å². The van der Waals surface area contributed by atoms with Crippen molar-refractivity contribution in [2.45, 2.75) is 13.5 Å². The Labute approximate surface area is 202 Å². The number of carbonyl (C=O) groups is 1. The van der Waals surface area contributed by atoms with Crippen molar-refractivity contribution in [1.82, 2.24) is 15.5 Å². The van der Waals surface area contributed by atoms with Gasteiger partial charge >= 0.3 is 0 Å². The van der Waals surface area contributed by atoms with Gasteiger partial charge in [-0.2, -0.15) is 5.10 Å². The van der Waals surface area contributed by atoms with Crippen molar-refractivity contribution in [2.24, 2.45) is 16.7 Å². The lowest BCUT2D eigenvalue weighted by molar-refractivity contribution is -0.107. The average molecular weight is 480 g/mol. The SMILES string of the molecule is Cc1cccc(Cl)c1.NN/N=C(\N)CN(C=O)c1ccc2c(cnn2OCc2ccccc2)c1. The summed E-state index contributed by atoms with van der Waals surface area (Å²) < 4.78 is 0. The van der Waals surface area contributed by atoms with Crippen LogP contribution in [0.3, 0.4) is 0 Å². The van der Waals surface area contributed by atoms with Crippen LogP contribution in [0.25, 0.3) is 10.9 Å². The number of amidine groups is 1. The number of benzene rings is 3. The first-order valence-corrected chi connectivity index (χ1v) is 10.7. The van der Waals surface area contributed by atoms with Gasteiger partial charge in [0.15, 0.2) is 0 Å². The van der Waals surface area contributed by atoms with Gasteiger partial charge in [0.05, 0.1) is 12.7 Å². The fourth-order valence-corrected chi connectivity index (χ4v) is 3.32. The number of hydrogen-bond donors (Lipinski definition) is 3. The molecule has 0 atom stereocenters. The molecule has 5 N–H and O–H groups in total. The first-order chi connectivity index (χ1) is 16.5. The minimum Gasteiger partial charge on any atom is -0.391 e. The van der Waals surface area contributed by atoms with Gasteiger partial charge in [-0.15, -0.1) is 5.10 Å². The summed E-state index contributed by atoms with van der Waals surface area (Å²) in [6, 6.07) is 23.0. The topological polar surface area (TPSA) is 124 Å². The Kier molecular flexibility index (Phi) is 8.84. The van der Waals surface area contributed by atoms with E-state index in [1.165, 1.54) is 15.3 Å². The molecule has 1 amide bonds. The summed E-state index contributed by atoms with van der Waals surface area (Å²) in [7, 11) is 0. The molecule has 0 aliphatic rings. The lowest BCUT2D eigenvalue weighted by atomic mass is 10.2. The van der Waals surface area contributed by atoms with Crippen molar-refractivity contribution in [3.63, 3.8) is 0 Å². The summed E-state index contributed by atoms with van der Waals surface area (Å²) in [5.74, 6) is 5.27. The Hall–Kier alpha value is -4.08. The number of anilines is 1. The molecule has 1 heterocycles. The zero-order chi connectivity index (χ0) is 24.3. The number of halogens is 1. The van der Waals surface area contributed by atoms with Crippen LogP contribution in [-0.4, -0.2) is 28.7 Å². The second-order valence-electron chi connectivity index (χ2n) is 7.28. The number of hydrazone groups is 1. The maximum Gasteiger partial charge on any atom is 0.214 e. The third kappa shape index (κ3) is 6.96. The number of aryl methyl sites for hydroxylation is 1. The van der Waals surface area contributed by atoms with Crippen LogP contribution in [0, 0.1) is 6.92 Å². The summed E-state index contributed by atoms with van der Waals surface area (Å²) >= 11 is 5.64. The highest BCUT2D eigenvalue weighted by atomic mass is 35.5. The monoisotopic (exact) mass is 479 g/mol. The number of hydrogen-bond acceptors (Lipinski definition) is 6. The van der Waals surface area contributed by atoms with Crippen molar-refractivity contribution in [3.05, 3.63) is 95.1 Å². The van der Waals surface area contributed by atoms with Crippen LogP contribution >= 0.6 is 11.6 Å². The molecule has 34 heavy (non-hydrogen) atoms. The zero-order valence-electron chi connectivity index (χ0n) is 18.6. The number of aromatic nitrogens is 2. The molecule has 1 aromatic heterocycles. The Bertz CT molecular complexity index is 1230. The van der Waals surface area contributed by atoms with Gasteiger partial charge < -0.3 is 15.5 Å². The molecule has 0 spiro atoms. The number of hydrazine groups is 1. The highest BCUT2D eigenvalue weighted by molar-refractivity contribution is 6.30. The minimum absolute atomic E-state index is 0.109. The Morgan fingerprint density at radius 2 is 1.97 bits per heavy atom. The largest absolute Gasteiger partial charge is 0.391 e. The maximum absolute atomic E-state index is 11.4. The van der Waals surface area contributed by atoms with Crippen molar-refractivity contribution >= 4 is 40.4 Å². The smallest absolute Gasteiger partial charge is 0.214 e. The molecular formula is C24H26ClN7O2. The lowest BCUT2D eigenvalue weighted by Crippen LogP contribution is -2.35. The van der Waals surface area contributed by atoms with Crippen LogP contribution in [0.2, 0.25) is 5.02 Å². The molecule has 0 aliphatic heterocycles. The quantitative estimate of drug-likeness (QED) is 0.117. The van der Waals surface area contributed by atoms with Gasteiger partial charge in [-0.3, -0.25) is 4.79 Å². The van der Waals surface area contributed by atoms with Crippen molar-refractivity contribution in [2.75, 3.05) is 11.4 Å². The van der Waals surface area contributed by atoms with E-state index in [4.69, 9.17) is 28.0 Å². The fourth-order valence-electron chi connectivity index (χ4n) is 3.08. The van der Waals surface area contributed by atoms with E-state index in [1.54, 1.807) is 12.3 Å². The molecule has 0 bridgehead atoms. The predicted molar refractivity (Wildman–Crippen MR) is 135 cm³/mol. The van der Waals surface area contributed by atoms with Gasteiger partial charge in [-0.1, -0.05) is 58.9 Å². The second-order valence-corrected chi connectivity index (χ2v) is 7.72. The second kappa shape index (κ2) is 12.2. The predicted octanol–water partition coefficient (Wildman–Crippen LogP) is 3.01. The molecule has 0 fully saturated rings. The number of amides is 1. The van der Waals surface area contributed by atoms with Crippen LogP contribution < -0.4 is 26.8 Å². The Balaban J connectivity index is 0.000000343. The summed E-state index contributed by atoms with van der Waals surface area (Å²) in [5.41, 5.74) is 11.5. The minimum atomic E-state index is 0.109. The molecule has 9 nitrogen and oxygen atoms in total. The van der Waals surface area contributed by atoms with Gasteiger partial charge in [0.2, 0.25) is 6.41 Å². The van der Waals surface area contributed by atoms with Crippen LogP contribution in [0.1, 0.15) is 11.1 Å². The zero-order valence-corrected chi connectivity index (χ0v) is 19.4. The standard InChI is InChI=1S/C17H19N7O2.C7H7Cl/c18-17(21-22-19)10-23(12-25)15-6-7-16-14(8-15)9-20-24(16)26-11-13-4-2-1-3-5-13;1-6-3-2-4-7(8)5-6/h1-9,12,22H,10-11,19H2,(H2,18,21);2-5H,1H3. The van der Waals surface area contributed by atoms with Gasteiger partial charge in [0.1, 0.15) is 18.0 Å². The molecule has 176 valence electrons. The highest BCUT2D eigenvalue weighted by Gasteiger charge is 2.11. The summed E-state index contributed by atoms with van der Waals surface area (Å²) in [5, 5.41) is 9.52. The number of nitrogens with one attached hydrogen (secondary N) is 1. The first kappa shape index (κ1) is 24.6. The van der Waals surface area contributed by atoms with E-state index in [2.05, 4.69) is 15.7 Å². The van der Waals surface area contributed by atoms with E-state index >= 15 is 0 Å². The van der Waals surface area contributed by atoms with Crippen molar-refractivity contribution in [3.8, 4) is 0 Å². The third-order valence-electron chi connectivity index (χ3n) is 4.69. The number of fused-ring (bicyclic) bond motifs is 1. The molecule has 0 unspecified atom stereocenters. The van der Waals surface area contributed by atoms with Crippen LogP contribution in [0.15, 0.2) is 84.1 Å². The van der Waals surface area contributed by atoms with E-state index < -0.39 is 0 Å². The van der Waals surface area contributed by atoms with Gasteiger partial charge in [-0.05, 0) is 48.4 Å². The van der Waals surface area contributed by atoms with E-state index in [9.17, 15) is 4.79 Å². The normalized spacial score (nSPS) is 10.9. The molecule has 0 saturated carbocycles. The summed E-state index contributed by atoms with van der Waals surface area (Å²) in [6.07, 6.45) is 2.35. The van der Waals surface area contributed by atoms with Crippen molar-refractivity contribution < 1.29 is 9.63 Å². The lowest BCUT2D eigenvalue weighted by Gasteiger charge is -2.17. The number of rotatable bonds is 8. The highest BCUT2D eigenvalue weighted by Crippen LogP contribution is 2.21. The van der Waals surface area contributed by atoms with Gasteiger partial charge in [-0.25, -0.2) is 11.4 Å². The summed E-state index contributed by atoms with van der Waals surface area (Å²) in [6.45, 7) is 2.53. The Morgan fingerprint density at radius 1 is 1.18 bits per heavy atom. The molecular weight excluding hydrogens is 454 g/mol. The Morgan fingerprint density at radius 3 is 2.62 bits per heavy atom. The van der Waals surface area contributed by atoms with Crippen LogP contribution in [0.5, 0.6) is 0 Å². The maximum atomic E-state index is 11.4. The van der Waals surface area contributed by atoms with Crippen LogP contribution in [0.4, 0.5) is 5.69 Å². The fraction of sp³-hybridized carbons (Fsp3) is 0.125. The molecule has 0 radical (unpaired) electrons. The van der Waals surface area contributed by atoms with Gasteiger partial charge in [0.25, 0.3) is 0 Å². The number of nitrogens with zero attached hydrogens (tertiary/aromatic N) is 4. The molecule has 0 aliphatic carbocycles. The summed E-state index contributed by atoms with van der Waals surface area (Å²) in [4.78, 5) is 20.0.